The van der Waals surface area contributed by atoms with E-state index in [2.05, 4.69) is 20.1 Å². The van der Waals surface area contributed by atoms with Crippen molar-refractivity contribution in [1.29, 1.82) is 0 Å². The van der Waals surface area contributed by atoms with E-state index < -0.39 is 0 Å². The first kappa shape index (κ1) is 13.2. The highest BCUT2D eigenvalue weighted by molar-refractivity contribution is 5.91. The Hall–Kier alpha value is -2.75. The number of pyridine rings is 1. The fraction of sp³-hybridized carbons (Fsp3) is 0.118. The molecule has 0 amide bonds. The van der Waals surface area contributed by atoms with Crippen LogP contribution in [0.2, 0.25) is 0 Å². The quantitative estimate of drug-likeness (QED) is 0.650. The van der Waals surface area contributed by atoms with Crippen LogP contribution < -0.4 is 4.90 Å². The lowest BCUT2D eigenvalue weighted by Gasteiger charge is -2.11. The topological polar surface area (TPSA) is 40.9 Å². The Bertz CT molecular complexity index is 771. The monoisotopic (exact) mass is 276 g/mol. The standard InChI is InChI=1S/C17H16N4/c1-21(2)15-8-6-14(7-9-15)19-20-17-5-3-4-13-10-11-18-12-16(13)17/h3-12H,1-2H3. The van der Waals surface area contributed by atoms with Gasteiger partial charge in [0.15, 0.2) is 0 Å². The van der Waals surface area contributed by atoms with Gasteiger partial charge < -0.3 is 4.90 Å². The van der Waals surface area contributed by atoms with Gasteiger partial charge in [-0.3, -0.25) is 4.98 Å². The number of anilines is 1. The van der Waals surface area contributed by atoms with Crippen molar-refractivity contribution < 1.29 is 0 Å². The Morgan fingerprint density at radius 3 is 2.48 bits per heavy atom. The number of hydrogen-bond acceptors (Lipinski definition) is 4. The number of fused-ring (bicyclic) bond motifs is 1. The maximum absolute atomic E-state index is 4.35. The highest BCUT2D eigenvalue weighted by Gasteiger charge is 1.99. The highest BCUT2D eigenvalue weighted by Crippen LogP contribution is 2.27. The van der Waals surface area contributed by atoms with Gasteiger partial charge in [0.2, 0.25) is 0 Å². The van der Waals surface area contributed by atoms with Gasteiger partial charge in [0.1, 0.15) is 0 Å². The van der Waals surface area contributed by atoms with E-state index in [1.54, 1.807) is 6.20 Å². The van der Waals surface area contributed by atoms with Crippen LogP contribution in [0.25, 0.3) is 10.8 Å². The summed E-state index contributed by atoms with van der Waals surface area (Å²) >= 11 is 0. The minimum Gasteiger partial charge on any atom is -0.378 e. The molecule has 0 saturated carbocycles. The van der Waals surface area contributed by atoms with Crippen LogP contribution in [-0.2, 0) is 0 Å². The molecule has 0 bridgehead atoms. The van der Waals surface area contributed by atoms with Crippen LogP contribution in [0.15, 0.2) is 71.2 Å². The van der Waals surface area contributed by atoms with Crippen LogP contribution >= 0.6 is 0 Å². The summed E-state index contributed by atoms with van der Waals surface area (Å²) in [5.74, 6) is 0. The fourth-order valence-corrected chi connectivity index (χ4v) is 2.11. The van der Waals surface area contributed by atoms with Crippen LogP contribution in [-0.4, -0.2) is 19.1 Å². The van der Waals surface area contributed by atoms with Gasteiger partial charge in [0, 0.05) is 37.6 Å². The van der Waals surface area contributed by atoms with E-state index in [1.807, 2.05) is 68.8 Å². The number of azo groups is 1. The van der Waals surface area contributed by atoms with Gasteiger partial charge >= 0.3 is 0 Å². The van der Waals surface area contributed by atoms with Crippen molar-refractivity contribution in [3.63, 3.8) is 0 Å². The summed E-state index contributed by atoms with van der Waals surface area (Å²) in [4.78, 5) is 6.21. The summed E-state index contributed by atoms with van der Waals surface area (Å²) in [5.41, 5.74) is 2.81. The molecule has 1 heterocycles. The summed E-state index contributed by atoms with van der Waals surface area (Å²) in [5, 5.41) is 10.8. The highest BCUT2D eigenvalue weighted by atomic mass is 15.1. The third kappa shape index (κ3) is 2.89. The molecular weight excluding hydrogens is 260 g/mol. The lowest BCUT2D eigenvalue weighted by atomic mass is 10.1. The predicted octanol–water partition coefficient (Wildman–Crippen LogP) is 4.72. The number of hydrogen-bond donors (Lipinski definition) is 0. The van der Waals surface area contributed by atoms with Crippen LogP contribution in [0.5, 0.6) is 0 Å². The van der Waals surface area contributed by atoms with E-state index in [9.17, 15) is 0 Å². The molecule has 4 nitrogen and oxygen atoms in total. The maximum atomic E-state index is 4.35. The van der Waals surface area contributed by atoms with Crippen LogP contribution in [0.3, 0.4) is 0 Å². The number of nitrogens with zero attached hydrogens (tertiary/aromatic N) is 4. The third-order valence-corrected chi connectivity index (χ3v) is 3.30. The van der Waals surface area contributed by atoms with Gasteiger partial charge in [0.25, 0.3) is 0 Å². The zero-order valence-electron chi connectivity index (χ0n) is 12.1. The SMILES string of the molecule is CN(C)c1ccc(N=Nc2cccc3ccncc23)cc1. The predicted molar refractivity (Wildman–Crippen MR) is 86.7 cm³/mol. The molecule has 0 spiro atoms. The Morgan fingerprint density at radius 2 is 1.71 bits per heavy atom. The molecule has 3 aromatic rings. The molecule has 2 aromatic carbocycles. The number of rotatable bonds is 3. The lowest BCUT2D eigenvalue weighted by molar-refractivity contribution is 1.13. The molecule has 0 unspecified atom stereocenters. The zero-order valence-corrected chi connectivity index (χ0v) is 12.1. The average molecular weight is 276 g/mol. The molecule has 0 radical (unpaired) electrons. The number of benzene rings is 2. The molecule has 1 aromatic heterocycles. The normalized spacial score (nSPS) is 11.1. The Balaban J connectivity index is 1.91. The first-order chi connectivity index (χ1) is 10.2. The van der Waals surface area contributed by atoms with E-state index in [4.69, 9.17) is 0 Å². The van der Waals surface area contributed by atoms with Crippen molar-refractivity contribution in [2.45, 2.75) is 0 Å². The molecule has 104 valence electrons. The average Bonchev–Trinajstić information content (AvgIpc) is 2.53. The lowest BCUT2D eigenvalue weighted by Crippen LogP contribution is -2.07. The summed E-state index contributed by atoms with van der Waals surface area (Å²) in [6, 6.07) is 15.9. The summed E-state index contributed by atoms with van der Waals surface area (Å²) in [6.07, 6.45) is 3.60. The second-order valence-electron chi connectivity index (χ2n) is 4.98. The third-order valence-electron chi connectivity index (χ3n) is 3.30. The Kier molecular flexibility index (Phi) is 3.60. The Morgan fingerprint density at radius 1 is 0.905 bits per heavy atom. The molecule has 0 atom stereocenters. The number of aromatic nitrogens is 1. The second kappa shape index (κ2) is 5.71. The van der Waals surface area contributed by atoms with E-state index in [0.717, 1.165) is 27.8 Å². The molecule has 0 aliphatic rings. The van der Waals surface area contributed by atoms with Crippen molar-refractivity contribution in [3.8, 4) is 0 Å². The van der Waals surface area contributed by atoms with Crippen molar-refractivity contribution in [3.05, 3.63) is 60.9 Å². The molecule has 3 rings (SSSR count). The van der Waals surface area contributed by atoms with E-state index in [0.29, 0.717) is 0 Å². The molecule has 0 saturated heterocycles. The molecule has 4 heteroatoms. The van der Waals surface area contributed by atoms with Crippen molar-refractivity contribution in [2.24, 2.45) is 10.2 Å². The smallest absolute Gasteiger partial charge is 0.0950 e. The summed E-state index contributed by atoms with van der Waals surface area (Å²) in [7, 11) is 4.03. The van der Waals surface area contributed by atoms with Crippen molar-refractivity contribution >= 4 is 27.8 Å². The molecule has 21 heavy (non-hydrogen) atoms. The Labute approximate surface area is 123 Å². The van der Waals surface area contributed by atoms with E-state index in [1.165, 1.54) is 0 Å². The minimum absolute atomic E-state index is 0.831. The van der Waals surface area contributed by atoms with Crippen LogP contribution in [0.1, 0.15) is 0 Å². The van der Waals surface area contributed by atoms with Gasteiger partial charge in [-0.15, -0.1) is 5.11 Å². The van der Waals surface area contributed by atoms with Gasteiger partial charge in [-0.25, -0.2) is 0 Å². The van der Waals surface area contributed by atoms with Gasteiger partial charge in [-0.1, -0.05) is 12.1 Å². The maximum Gasteiger partial charge on any atom is 0.0950 e. The van der Waals surface area contributed by atoms with Gasteiger partial charge in [-0.2, -0.15) is 5.11 Å². The molecule has 0 aliphatic heterocycles. The van der Waals surface area contributed by atoms with E-state index in [-0.39, 0.29) is 0 Å². The van der Waals surface area contributed by atoms with Crippen molar-refractivity contribution in [1.82, 2.24) is 4.98 Å². The van der Waals surface area contributed by atoms with Crippen LogP contribution in [0.4, 0.5) is 17.1 Å². The molecule has 0 aliphatic carbocycles. The van der Waals surface area contributed by atoms with Crippen molar-refractivity contribution in [2.75, 3.05) is 19.0 Å². The first-order valence-electron chi connectivity index (χ1n) is 6.76. The second-order valence-corrected chi connectivity index (χ2v) is 4.98. The molecule has 0 N–H and O–H groups in total. The molecule has 0 fully saturated rings. The first-order valence-corrected chi connectivity index (χ1v) is 6.76. The van der Waals surface area contributed by atoms with E-state index >= 15 is 0 Å². The summed E-state index contributed by atoms with van der Waals surface area (Å²) in [6.45, 7) is 0. The van der Waals surface area contributed by atoms with Gasteiger partial charge in [0.05, 0.1) is 11.4 Å². The fourth-order valence-electron chi connectivity index (χ4n) is 2.11. The van der Waals surface area contributed by atoms with Crippen LogP contribution in [0, 0.1) is 0 Å². The summed E-state index contributed by atoms with van der Waals surface area (Å²) < 4.78 is 0. The zero-order chi connectivity index (χ0) is 14.7. The minimum atomic E-state index is 0.831. The molecular formula is C17H16N4. The van der Waals surface area contributed by atoms with Gasteiger partial charge in [-0.05, 0) is 41.8 Å². The largest absolute Gasteiger partial charge is 0.378 e.